The van der Waals surface area contributed by atoms with E-state index in [9.17, 15) is 0 Å². The van der Waals surface area contributed by atoms with Crippen LogP contribution in [0.5, 0.6) is 0 Å². The van der Waals surface area contributed by atoms with Gasteiger partial charge in [-0.1, -0.05) is 62.4 Å². The molecular formula is C17H20. The van der Waals surface area contributed by atoms with Gasteiger partial charge < -0.3 is 0 Å². The Balaban J connectivity index is 2.62. The highest BCUT2D eigenvalue weighted by molar-refractivity contribution is 5.89. The Bertz CT molecular complexity index is 521. The van der Waals surface area contributed by atoms with E-state index in [2.05, 4.69) is 70.7 Å². The Kier molecular flexibility index (Phi) is 2.82. The lowest BCUT2D eigenvalue weighted by molar-refractivity contribution is 0.663. The molecule has 1 aliphatic rings. The summed E-state index contributed by atoms with van der Waals surface area (Å²) in [6.45, 7) is 13.0. The number of allylic oxidation sites excluding steroid dienone is 5. The summed E-state index contributed by atoms with van der Waals surface area (Å²) in [5, 5.41) is 0. The molecule has 17 heavy (non-hydrogen) atoms. The average molecular weight is 224 g/mol. The minimum atomic E-state index is 0.0535. The van der Waals surface area contributed by atoms with E-state index in [4.69, 9.17) is 0 Å². The molecule has 1 aromatic carbocycles. The van der Waals surface area contributed by atoms with Crippen LogP contribution < -0.4 is 0 Å². The van der Waals surface area contributed by atoms with E-state index in [0.29, 0.717) is 0 Å². The molecular weight excluding hydrogens is 204 g/mol. The summed E-state index contributed by atoms with van der Waals surface area (Å²) in [4.78, 5) is 0. The highest BCUT2D eigenvalue weighted by atomic mass is 14.4. The molecule has 88 valence electrons. The minimum Gasteiger partial charge on any atom is -0.0943 e. The van der Waals surface area contributed by atoms with Crippen molar-refractivity contribution in [2.75, 3.05) is 0 Å². The zero-order valence-corrected chi connectivity index (χ0v) is 11.2. The Morgan fingerprint density at radius 3 is 2.47 bits per heavy atom. The van der Waals surface area contributed by atoms with Crippen LogP contribution in [-0.4, -0.2) is 0 Å². The smallest absolute Gasteiger partial charge is 0.0152 e. The van der Waals surface area contributed by atoms with E-state index >= 15 is 0 Å². The predicted octanol–water partition coefficient (Wildman–Crippen LogP) is 4.88. The van der Waals surface area contributed by atoms with Gasteiger partial charge in [0.15, 0.2) is 0 Å². The second-order valence-corrected chi connectivity index (χ2v) is 5.47. The molecule has 0 fully saturated rings. The van der Waals surface area contributed by atoms with Crippen molar-refractivity contribution in [2.45, 2.75) is 33.1 Å². The van der Waals surface area contributed by atoms with Gasteiger partial charge in [-0.2, -0.15) is 0 Å². The van der Waals surface area contributed by atoms with E-state index in [1.165, 1.54) is 27.8 Å². The fraction of sp³-hybridized carbons (Fsp3) is 0.294. The van der Waals surface area contributed by atoms with E-state index in [-0.39, 0.29) is 5.41 Å². The van der Waals surface area contributed by atoms with Gasteiger partial charge in [0.25, 0.3) is 0 Å². The van der Waals surface area contributed by atoms with Crippen molar-refractivity contribution in [1.29, 1.82) is 0 Å². The fourth-order valence-electron chi connectivity index (χ4n) is 2.37. The summed E-state index contributed by atoms with van der Waals surface area (Å²) in [6, 6.07) is 8.62. The molecule has 0 heteroatoms. The van der Waals surface area contributed by atoms with E-state index in [1.807, 2.05) is 0 Å². The molecule has 0 atom stereocenters. The van der Waals surface area contributed by atoms with Gasteiger partial charge in [0, 0.05) is 5.41 Å². The van der Waals surface area contributed by atoms with E-state index in [0.717, 1.165) is 0 Å². The summed E-state index contributed by atoms with van der Waals surface area (Å²) in [6.07, 6.45) is 4.37. The Hall–Kier alpha value is -1.56. The van der Waals surface area contributed by atoms with Crippen LogP contribution in [0.1, 0.15) is 38.8 Å². The van der Waals surface area contributed by atoms with E-state index in [1.54, 1.807) is 0 Å². The maximum atomic E-state index is 4.28. The Morgan fingerprint density at radius 1 is 1.18 bits per heavy atom. The highest BCUT2D eigenvalue weighted by Gasteiger charge is 2.35. The van der Waals surface area contributed by atoms with Crippen LogP contribution in [0.2, 0.25) is 0 Å². The molecule has 2 rings (SSSR count). The fourth-order valence-corrected chi connectivity index (χ4v) is 2.37. The quantitative estimate of drug-likeness (QED) is 0.637. The minimum absolute atomic E-state index is 0.0535. The number of fused-ring (bicyclic) bond motifs is 1. The first-order valence-electron chi connectivity index (χ1n) is 6.09. The van der Waals surface area contributed by atoms with Gasteiger partial charge in [-0.15, -0.1) is 0 Å². The van der Waals surface area contributed by atoms with Crippen molar-refractivity contribution in [3.8, 4) is 0 Å². The van der Waals surface area contributed by atoms with Gasteiger partial charge in [0.2, 0.25) is 0 Å². The second-order valence-electron chi connectivity index (χ2n) is 5.47. The van der Waals surface area contributed by atoms with Crippen LogP contribution in [0.4, 0.5) is 0 Å². The molecule has 0 heterocycles. The third kappa shape index (κ3) is 1.88. The van der Waals surface area contributed by atoms with Crippen molar-refractivity contribution in [3.05, 3.63) is 65.3 Å². The second kappa shape index (κ2) is 4.03. The number of benzene rings is 1. The summed E-state index contributed by atoms with van der Waals surface area (Å²) in [7, 11) is 0. The van der Waals surface area contributed by atoms with E-state index < -0.39 is 0 Å². The summed E-state index contributed by atoms with van der Waals surface area (Å²) < 4.78 is 0. The van der Waals surface area contributed by atoms with Crippen LogP contribution in [0, 0.1) is 0 Å². The van der Waals surface area contributed by atoms with Crippen molar-refractivity contribution < 1.29 is 0 Å². The number of hydrogen-bond donors (Lipinski definition) is 0. The standard InChI is InChI=1S/C17H20/c1-12(2)10-11-14-13(3)17(4,5)16-9-7-6-8-15(14)16/h6-11H,3H2,1-2,4-5H3/b14-11+. The summed E-state index contributed by atoms with van der Waals surface area (Å²) in [5.41, 5.74) is 6.59. The van der Waals surface area contributed by atoms with Crippen molar-refractivity contribution in [3.63, 3.8) is 0 Å². The van der Waals surface area contributed by atoms with Crippen molar-refractivity contribution in [1.82, 2.24) is 0 Å². The van der Waals surface area contributed by atoms with Gasteiger partial charge in [0.1, 0.15) is 0 Å². The van der Waals surface area contributed by atoms with Gasteiger partial charge >= 0.3 is 0 Å². The first-order valence-corrected chi connectivity index (χ1v) is 6.09. The molecule has 0 unspecified atom stereocenters. The third-order valence-electron chi connectivity index (χ3n) is 3.55. The largest absolute Gasteiger partial charge is 0.0943 e. The highest BCUT2D eigenvalue weighted by Crippen LogP contribution is 2.48. The molecule has 0 amide bonds. The predicted molar refractivity (Wildman–Crippen MR) is 76.0 cm³/mol. The number of rotatable bonds is 1. The van der Waals surface area contributed by atoms with Crippen LogP contribution in [-0.2, 0) is 5.41 Å². The normalized spacial score (nSPS) is 19.3. The molecule has 0 nitrogen and oxygen atoms in total. The molecule has 0 N–H and O–H groups in total. The molecule has 0 saturated heterocycles. The molecule has 0 saturated carbocycles. The first kappa shape index (κ1) is 11.9. The molecule has 1 aromatic rings. The molecule has 0 aliphatic heterocycles. The monoisotopic (exact) mass is 224 g/mol. The van der Waals surface area contributed by atoms with Crippen LogP contribution in [0.25, 0.3) is 5.57 Å². The molecule has 0 radical (unpaired) electrons. The third-order valence-corrected chi connectivity index (χ3v) is 3.55. The lowest BCUT2D eigenvalue weighted by Crippen LogP contribution is -2.13. The maximum Gasteiger partial charge on any atom is 0.0152 e. The molecule has 0 bridgehead atoms. The van der Waals surface area contributed by atoms with Gasteiger partial charge in [-0.25, -0.2) is 0 Å². The van der Waals surface area contributed by atoms with Crippen molar-refractivity contribution in [2.24, 2.45) is 0 Å². The molecule has 0 aromatic heterocycles. The lowest BCUT2D eigenvalue weighted by Gasteiger charge is -2.20. The maximum absolute atomic E-state index is 4.28. The van der Waals surface area contributed by atoms with Crippen molar-refractivity contribution >= 4 is 5.57 Å². The van der Waals surface area contributed by atoms with Crippen LogP contribution in [0.3, 0.4) is 0 Å². The van der Waals surface area contributed by atoms with Gasteiger partial charge in [-0.3, -0.25) is 0 Å². The molecule has 0 spiro atoms. The first-order chi connectivity index (χ1) is 7.94. The van der Waals surface area contributed by atoms with Crippen LogP contribution in [0.15, 0.2) is 54.1 Å². The zero-order chi connectivity index (χ0) is 12.6. The lowest BCUT2D eigenvalue weighted by atomic mass is 9.83. The Morgan fingerprint density at radius 2 is 1.82 bits per heavy atom. The zero-order valence-electron chi connectivity index (χ0n) is 11.2. The summed E-state index contributed by atoms with van der Waals surface area (Å²) >= 11 is 0. The number of hydrogen-bond acceptors (Lipinski definition) is 0. The van der Waals surface area contributed by atoms with Gasteiger partial charge in [-0.05, 0) is 36.1 Å². The Labute approximate surface area is 104 Å². The SMILES string of the molecule is C=C1/C(=C\C=C(C)C)c2ccccc2C1(C)C. The molecule has 1 aliphatic carbocycles. The van der Waals surface area contributed by atoms with Crippen LogP contribution >= 0.6 is 0 Å². The topological polar surface area (TPSA) is 0 Å². The average Bonchev–Trinajstić information content (AvgIpc) is 2.47. The summed E-state index contributed by atoms with van der Waals surface area (Å²) in [5.74, 6) is 0. The van der Waals surface area contributed by atoms with Gasteiger partial charge in [0.05, 0.1) is 0 Å².